The molecular formula is C55H36N4. The number of benzene rings is 9. The van der Waals surface area contributed by atoms with Crippen LogP contribution in [0, 0.1) is 0 Å². The van der Waals surface area contributed by atoms with E-state index in [0.29, 0.717) is 17.5 Å². The van der Waals surface area contributed by atoms with Gasteiger partial charge in [-0.15, -0.1) is 0 Å². The largest absolute Gasteiger partial charge is 0.309 e. The summed E-state index contributed by atoms with van der Waals surface area (Å²) in [4.78, 5) is 15.6. The Bertz CT molecular complexity index is 3280. The fraction of sp³-hybridized carbons (Fsp3) is 0. The van der Waals surface area contributed by atoms with Crippen molar-refractivity contribution in [2.24, 2.45) is 0 Å². The lowest BCUT2D eigenvalue weighted by Gasteiger charge is -2.13. The molecule has 0 fully saturated rings. The van der Waals surface area contributed by atoms with Gasteiger partial charge < -0.3 is 4.57 Å². The summed E-state index contributed by atoms with van der Waals surface area (Å²) in [6, 6.07) is 77.1. The SMILES string of the molecule is c1ccc(-c2ccc(-c3nc(-c4ccccc4)nc(-c4cc(-c5ccccc5)c5c6cc(-c7ccccc7)ccc6n(-c6ccc7ccccc7c6)c5c4)n3)cc2)cc1. The highest BCUT2D eigenvalue weighted by molar-refractivity contribution is 6.17. The van der Waals surface area contributed by atoms with Gasteiger partial charge in [0.15, 0.2) is 17.5 Å². The van der Waals surface area contributed by atoms with E-state index in [2.05, 4.69) is 199 Å². The lowest BCUT2D eigenvalue weighted by atomic mass is 9.95. The number of nitrogens with zero attached hydrogens (tertiary/aromatic N) is 4. The second-order valence-electron chi connectivity index (χ2n) is 14.9. The number of fused-ring (bicyclic) bond motifs is 4. The molecule has 0 unspecified atom stereocenters. The molecule has 11 aromatic rings. The molecule has 0 aliphatic carbocycles. The van der Waals surface area contributed by atoms with Gasteiger partial charge in [0, 0.05) is 33.2 Å². The summed E-state index contributed by atoms with van der Waals surface area (Å²) >= 11 is 0. The van der Waals surface area contributed by atoms with Crippen LogP contribution in [-0.2, 0) is 0 Å². The van der Waals surface area contributed by atoms with Crippen molar-refractivity contribution in [3.05, 3.63) is 218 Å². The highest BCUT2D eigenvalue weighted by Crippen LogP contribution is 2.43. The molecule has 0 amide bonds. The Kier molecular flexibility index (Phi) is 8.45. The van der Waals surface area contributed by atoms with Crippen LogP contribution in [-0.4, -0.2) is 19.5 Å². The van der Waals surface area contributed by atoms with Gasteiger partial charge >= 0.3 is 0 Å². The van der Waals surface area contributed by atoms with Crippen LogP contribution in [0.25, 0.3) is 106 Å². The van der Waals surface area contributed by atoms with Crippen LogP contribution in [0.5, 0.6) is 0 Å². The second kappa shape index (κ2) is 14.5. The predicted molar refractivity (Wildman–Crippen MR) is 244 cm³/mol. The van der Waals surface area contributed by atoms with Crippen LogP contribution in [0.2, 0.25) is 0 Å². The maximum atomic E-state index is 5.26. The molecule has 59 heavy (non-hydrogen) atoms. The van der Waals surface area contributed by atoms with Gasteiger partial charge in [-0.25, -0.2) is 15.0 Å². The van der Waals surface area contributed by atoms with Gasteiger partial charge in [0.25, 0.3) is 0 Å². The van der Waals surface area contributed by atoms with Crippen molar-refractivity contribution in [2.45, 2.75) is 0 Å². The Balaban J connectivity index is 1.19. The lowest BCUT2D eigenvalue weighted by Crippen LogP contribution is -2.01. The molecule has 0 N–H and O–H groups in total. The fourth-order valence-electron chi connectivity index (χ4n) is 8.32. The van der Waals surface area contributed by atoms with Crippen LogP contribution in [0.3, 0.4) is 0 Å². The zero-order valence-electron chi connectivity index (χ0n) is 32.1. The molecule has 0 aliphatic heterocycles. The van der Waals surface area contributed by atoms with Gasteiger partial charge in [-0.1, -0.05) is 182 Å². The third-order valence-corrected chi connectivity index (χ3v) is 11.2. The lowest BCUT2D eigenvalue weighted by molar-refractivity contribution is 1.07. The van der Waals surface area contributed by atoms with E-state index in [4.69, 9.17) is 15.0 Å². The summed E-state index contributed by atoms with van der Waals surface area (Å²) in [6.07, 6.45) is 0. The van der Waals surface area contributed by atoms with Gasteiger partial charge in [-0.2, -0.15) is 0 Å². The van der Waals surface area contributed by atoms with Gasteiger partial charge in [-0.05, 0) is 80.6 Å². The van der Waals surface area contributed by atoms with Gasteiger partial charge in [0.2, 0.25) is 0 Å². The van der Waals surface area contributed by atoms with E-state index in [1.54, 1.807) is 0 Å². The summed E-state index contributed by atoms with van der Waals surface area (Å²) < 4.78 is 2.41. The van der Waals surface area contributed by atoms with Crippen LogP contribution >= 0.6 is 0 Å². The van der Waals surface area contributed by atoms with E-state index in [9.17, 15) is 0 Å². The van der Waals surface area contributed by atoms with Crippen molar-refractivity contribution < 1.29 is 0 Å². The number of rotatable bonds is 7. The molecule has 9 aromatic carbocycles. The zero-order chi connectivity index (χ0) is 39.1. The van der Waals surface area contributed by atoms with Crippen molar-refractivity contribution in [1.29, 1.82) is 0 Å². The summed E-state index contributed by atoms with van der Waals surface area (Å²) in [5.41, 5.74) is 13.0. The molecule has 0 bridgehead atoms. The minimum absolute atomic E-state index is 0.611. The first-order valence-corrected chi connectivity index (χ1v) is 19.9. The summed E-state index contributed by atoms with van der Waals surface area (Å²) in [7, 11) is 0. The van der Waals surface area contributed by atoms with Gasteiger partial charge in [-0.3, -0.25) is 0 Å². The first-order chi connectivity index (χ1) is 29.2. The molecule has 0 saturated heterocycles. The third-order valence-electron chi connectivity index (χ3n) is 11.2. The molecule has 276 valence electrons. The van der Waals surface area contributed by atoms with Gasteiger partial charge in [0.05, 0.1) is 11.0 Å². The van der Waals surface area contributed by atoms with Crippen LogP contribution in [0.1, 0.15) is 0 Å². The van der Waals surface area contributed by atoms with E-state index >= 15 is 0 Å². The monoisotopic (exact) mass is 752 g/mol. The third kappa shape index (κ3) is 6.34. The van der Waals surface area contributed by atoms with E-state index in [1.807, 2.05) is 24.3 Å². The van der Waals surface area contributed by atoms with E-state index in [1.165, 1.54) is 38.2 Å². The molecule has 0 aliphatic rings. The average molecular weight is 753 g/mol. The topological polar surface area (TPSA) is 43.6 Å². The van der Waals surface area contributed by atoms with E-state index < -0.39 is 0 Å². The second-order valence-corrected chi connectivity index (χ2v) is 14.9. The van der Waals surface area contributed by atoms with Crippen molar-refractivity contribution >= 4 is 32.6 Å². The van der Waals surface area contributed by atoms with Crippen LogP contribution < -0.4 is 0 Å². The van der Waals surface area contributed by atoms with Gasteiger partial charge in [0.1, 0.15) is 0 Å². The minimum atomic E-state index is 0.611. The molecule has 0 radical (unpaired) electrons. The maximum absolute atomic E-state index is 5.26. The minimum Gasteiger partial charge on any atom is -0.309 e. The first kappa shape index (κ1) is 34.3. The maximum Gasteiger partial charge on any atom is 0.164 e. The quantitative estimate of drug-likeness (QED) is 0.163. The highest BCUT2D eigenvalue weighted by Gasteiger charge is 2.21. The summed E-state index contributed by atoms with van der Waals surface area (Å²) in [5.74, 6) is 1.86. The molecule has 2 aromatic heterocycles. The van der Waals surface area contributed by atoms with Crippen molar-refractivity contribution in [2.75, 3.05) is 0 Å². The Labute approximate surface area is 342 Å². The normalized spacial score (nSPS) is 11.4. The molecule has 0 spiro atoms. The van der Waals surface area contributed by atoms with Crippen molar-refractivity contribution in [1.82, 2.24) is 19.5 Å². The van der Waals surface area contributed by atoms with Crippen LogP contribution in [0.15, 0.2) is 218 Å². The van der Waals surface area contributed by atoms with Crippen molar-refractivity contribution in [3.63, 3.8) is 0 Å². The van der Waals surface area contributed by atoms with Crippen molar-refractivity contribution in [3.8, 4) is 73.2 Å². The Morgan fingerprint density at radius 3 is 1.41 bits per heavy atom. The highest BCUT2D eigenvalue weighted by atomic mass is 15.0. The molecule has 0 atom stereocenters. The fourth-order valence-corrected chi connectivity index (χ4v) is 8.32. The van der Waals surface area contributed by atoms with E-state index in [-0.39, 0.29) is 0 Å². The zero-order valence-corrected chi connectivity index (χ0v) is 32.1. The molecule has 11 rings (SSSR count). The molecule has 0 saturated carbocycles. The number of aromatic nitrogens is 4. The number of hydrogen-bond acceptors (Lipinski definition) is 3. The average Bonchev–Trinajstić information content (AvgIpc) is 3.65. The number of hydrogen-bond donors (Lipinski definition) is 0. The standard InChI is InChI=1S/C55H36N4/c1-5-15-37(16-6-1)40-25-27-43(28-26-40)54-56-53(42-22-11-4-12-23-42)57-55(58-54)46-35-48(41-20-9-3-10-21-41)52-49-34-45(38-17-7-2-8-18-38)30-32-50(49)59(51(52)36-46)47-31-29-39-19-13-14-24-44(39)33-47/h1-36H. The molecule has 2 heterocycles. The predicted octanol–water partition coefficient (Wildman–Crippen LogP) is 14.1. The van der Waals surface area contributed by atoms with Crippen LogP contribution in [0.4, 0.5) is 0 Å². The smallest absolute Gasteiger partial charge is 0.164 e. The summed E-state index contributed by atoms with van der Waals surface area (Å²) in [6.45, 7) is 0. The molecule has 4 nitrogen and oxygen atoms in total. The molecular weight excluding hydrogens is 717 g/mol. The Morgan fingerprint density at radius 2 is 0.763 bits per heavy atom. The summed E-state index contributed by atoms with van der Waals surface area (Å²) in [5, 5.41) is 4.75. The first-order valence-electron chi connectivity index (χ1n) is 19.9. The Morgan fingerprint density at radius 1 is 0.288 bits per heavy atom. The Hall–Kier alpha value is -7.95. The van der Waals surface area contributed by atoms with E-state index in [0.717, 1.165) is 50.1 Å². The molecule has 4 heteroatoms.